The van der Waals surface area contributed by atoms with E-state index in [0.29, 0.717) is 6.54 Å². The number of halogens is 1. The normalized spacial score (nSPS) is 16.9. The molecule has 0 aliphatic carbocycles. The van der Waals surface area contributed by atoms with Crippen molar-refractivity contribution in [1.82, 2.24) is 24.9 Å². The molecule has 0 amide bonds. The molecule has 1 saturated heterocycles. The quantitative estimate of drug-likeness (QED) is 0.454. The van der Waals surface area contributed by atoms with E-state index in [1.807, 2.05) is 6.20 Å². The number of rotatable bonds is 3. The Morgan fingerprint density at radius 2 is 2.07 bits per heavy atom. The van der Waals surface area contributed by atoms with Gasteiger partial charge < -0.3 is 20.6 Å². The minimum atomic E-state index is -0.134. The Hall–Kier alpha value is -2.45. The second-order valence-electron chi connectivity index (χ2n) is 7.64. The first-order valence-electron chi connectivity index (χ1n) is 9.49. The topological polar surface area (TPSA) is 99.5 Å². The maximum absolute atomic E-state index is 6.29. The molecule has 0 atom stereocenters. The molecule has 1 aliphatic heterocycles. The van der Waals surface area contributed by atoms with Gasteiger partial charge in [0.2, 0.25) is 0 Å². The summed E-state index contributed by atoms with van der Waals surface area (Å²) in [5, 5.41) is 1.03. The minimum absolute atomic E-state index is 0.134. The summed E-state index contributed by atoms with van der Waals surface area (Å²) in [6.45, 7) is 4.42. The maximum Gasteiger partial charge on any atom is 0.144 e. The van der Waals surface area contributed by atoms with Gasteiger partial charge in [-0.15, -0.1) is 0 Å². The number of nitrogens with one attached hydrogen (secondary N) is 2. The van der Waals surface area contributed by atoms with E-state index in [1.165, 1.54) is 5.56 Å². The van der Waals surface area contributed by atoms with Crippen molar-refractivity contribution in [3.63, 3.8) is 0 Å². The van der Waals surface area contributed by atoms with Gasteiger partial charge in [-0.25, -0.2) is 15.0 Å². The molecule has 8 heteroatoms. The third kappa shape index (κ3) is 2.70. The van der Waals surface area contributed by atoms with Gasteiger partial charge in [-0.3, -0.25) is 0 Å². The summed E-state index contributed by atoms with van der Waals surface area (Å²) in [5.41, 5.74) is 10.3. The number of nitrogens with two attached hydrogens (primary N) is 1. The highest BCUT2D eigenvalue weighted by Crippen LogP contribution is 2.38. The Bertz CT molecular complexity index is 1150. The van der Waals surface area contributed by atoms with Crippen LogP contribution in [0.5, 0.6) is 0 Å². The molecule has 0 spiro atoms. The zero-order valence-corrected chi connectivity index (χ0v) is 17.3. The van der Waals surface area contributed by atoms with E-state index in [4.69, 9.17) is 10.7 Å². The van der Waals surface area contributed by atoms with Crippen molar-refractivity contribution < 1.29 is 0 Å². The van der Waals surface area contributed by atoms with Gasteiger partial charge in [-0.2, -0.15) is 0 Å². The van der Waals surface area contributed by atoms with Crippen LogP contribution in [0.4, 0.5) is 5.82 Å². The number of imidazole rings is 1. The lowest BCUT2D eigenvalue weighted by molar-refractivity contribution is 0.324. The van der Waals surface area contributed by atoms with Crippen LogP contribution >= 0.6 is 15.9 Å². The van der Waals surface area contributed by atoms with Crippen LogP contribution < -0.4 is 10.6 Å². The fraction of sp³-hybridized carbons (Fsp3) is 0.350. The first kappa shape index (κ1) is 17.6. The zero-order valence-electron chi connectivity index (χ0n) is 15.7. The average Bonchev–Trinajstić information content (AvgIpc) is 3.32. The summed E-state index contributed by atoms with van der Waals surface area (Å²) in [6, 6.07) is 6.32. The maximum atomic E-state index is 6.29. The van der Waals surface area contributed by atoms with Crippen LogP contribution in [-0.2, 0) is 5.41 Å². The van der Waals surface area contributed by atoms with Gasteiger partial charge in [0, 0.05) is 35.7 Å². The van der Waals surface area contributed by atoms with Crippen molar-refractivity contribution in [2.24, 2.45) is 5.73 Å². The SMILES string of the molecule is Cc1ccc2nc(C3(CN)CCN(c4ncnc5[nH]cc(Br)c45)CC3)[nH]c2c1. The van der Waals surface area contributed by atoms with Crippen LogP contribution in [0.1, 0.15) is 24.2 Å². The molecular weight excluding hydrogens is 418 g/mol. The van der Waals surface area contributed by atoms with Crippen LogP contribution in [0.15, 0.2) is 35.2 Å². The number of aryl methyl sites for hydroxylation is 1. The van der Waals surface area contributed by atoms with E-state index in [-0.39, 0.29) is 5.41 Å². The summed E-state index contributed by atoms with van der Waals surface area (Å²) in [7, 11) is 0. The Morgan fingerprint density at radius 3 is 2.86 bits per heavy atom. The molecule has 1 fully saturated rings. The Kier molecular flexibility index (Phi) is 4.13. The number of anilines is 1. The van der Waals surface area contributed by atoms with Gasteiger partial charge in [-0.1, -0.05) is 6.07 Å². The highest BCUT2D eigenvalue weighted by molar-refractivity contribution is 9.10. The summed E-state index contributed by atoms with van der Waals surface area (Å²) < 4.78 is 0.987. The number of aromatic amines is 2. The van der Waals surface area contributed by atoms with Crippen molar-refractivity contribution in [2.45, 2.75) is 25.2 Å². The van der Waals surface area contributed by atoms with Gasteiger partial charge >= 0.3 is 0 Å². The number of H-pyrrole nitrogens is 2. The molecule has 1 aliphatic rings. The number of fused-ring (bicyclic) bond motifs is 2. The van der Waals surface area contributed by atoms with Crippen molar-refractivity contribution in [3.8, 4) is 0 Å². The third-order valence-electron chi connectivity index (χ3n) is 5.95. The van der Waals surface area contributed by atoms with Crippen LogP contribution in [0.25, 0.3) is 22.1 Å². The molecule has 4 N–H and O–H groups in total. The lowest BCUT2D eigenvalue weighted by atomic mass is 9.77. The van der Waals surface area contributed by atoms with E-state index in [2.05, 4.69) is 65.9 Å². The second kappa shape index (κ2) is 6.56. The van der Waals surface area contributed by atoms with Gasteiger partial charge in [0.15, 0.2) is 0 Å². The van der Waals surface area contributed by atoms with E-state index in [0.717, 1.165) is 64.1 Å². The standard InChI is InChI=1S/C20H22BrN7/c1-12-2-3-14-15(8-12)27-19(26-14)20(10-22)4-6-28(7-5-20)18-16-13(21)9-23-17(16)24-11-25-18/h2-3,8-9,11H,4-7,10,22H2,1H3,(H,26,27)(H,23,24,25). The highest BCUT2D eigenvalue weighted by Gasteiger charge is 2.38. The van der Waals surface area contributed by atoms with Crippen LogP contribution in [0.2, 0.25) is 0 Å². The van der Waals surface area contributed by atoms with E-state index < -0.39 is 0 Å². The number of hydrogen-bond donors (Lipinski definition) is 3. The van der Waals surface area contributed by atoms with Gasteiger partial charge in [0.05, 0.1) is 16.4 Å². The molecule has 28 heavy (non-hydrogen) atoms. The first-order chi connectivity index (χ1) is 13.6. The monoisotopic (exact) mass is 439 g/mol. The van der Waals surface area contributed by atoms with Crippen molar-refractivity contribution in [2.75, 3.05) is 24.5 Å². The minimum Gasteiger partial charge on any atom is -0.356 e. The molecule has 144 valence electrons. The highest BCUT2D eigenvalue weighted by atomic mass is 79.9. The predicted octanol–water partition coefficient (Wildman–Crippen LogP) is 3.40. The van der Waals surface area contributed by atoms with E-state index in [9.17, 15) is 0 Å². The van der Waals surface area contributed by atoms with Gasteiger partial charge in [-0.05, 0) is 53.4 Å². The molecule has 7 nitrogen and oxygen atoms in total. The Balaban J connectivity index is 1.46. The zero-order chi connectivity index (χ0) is 19.3. The summed E-state index contributed by atoms with van der Waals surface area (Å²) in [6.07, 6.45) is 5.38. The molecule has 0 bridgehead atoms. The number of aromatic nitrogens is 5. The number of benzene rings is 1. The van der Waals surface area contributed by atoms with Crippen LogP contribution in [0, 0.1) is 6.92 Å². The van der Waals surface area contributed by atoms with Crippen LogP contribution in [-0.4, -0.2) is 44.6 Å². The van der Waals surface area contributed by atoms with Crippen LogP contribution in [0.3, 0.4) is 0 Å². The lowest BCUT2D eigenvalue weighted by Gasteiger charge is -2.40. The molecule has 0 saturated carbocycles. The average molecular weight is 440 g/mol. The van der Waals surface area contributed by atoms with Crippen molar-refractivity contribution in [1.29, 1.82) is 0 Å². The van der Waals surface area contributed by atoms with Crippen molar-refractivity contribution in [3.05, 3.63) is 46.6 Å². The van der Waals surface area contributed by atoms with E-state index in [1.54, 1.807) is 6.33 Å². The summed E-state index contributed by atoms with van der Waals surface area (Å²) >= 11 is 3.61. The molecule has 0 radical (unpaired) electrons. The second-order valence-corrected chi connectivity index (χ2v) is 8.49. The smallest absolute Gasteiger partial charge is 0.144 e. The first-order valence-corrected chi connectivity index (χ1v) is 10.3. The largest absolute Gasteiger partial charge is 0.356 e. The predicted molar refractivity (Wildman–Crippen MR) is 115 cm³/mol. The molecule has 4 heterocycles. The third-order valence-corrected chi connectivity index (χ3v) is 6.58. The molecule has 5 rings (SSSR count). The lowest BCUT2D eigenvalue weighted by Crippen LogP contribution is -2.47. The molecule has 3 aromatic heterocycles. The summed E-state index contributed by atoms with van der Waals surface area (Å²) in [5.74, 6) is 1.97. The summed E-state index contributed by atoms with van der Waals surface area (Å²) in [4.78, 5) is 22.8. The molecule has 4 aromatic rings. The molecular formula is C20H22BrN7. The van der Waals surface area contributed by atoms with Gasteiger partial charge in [0.25, 0.3) is 0 Å². The number of hydrogen-bond acceptors (Lipinski definition) is 5. The molecule has 1 aromatic carbocycles. The number of nitrogens with zero attached hydrogens (tertiary/aromatic N) is 4. The fourth-order valence-electron chi connectivity index (χ4n) is 4.21. The van der Waals surface area contributed by atoms with E-state index >= 15 is 0 Å². The number of piperidine rings is 1. The van der Waals surface area contributed by atoms with Gasteiger partial charge in [0.1, 0.15) is 23.6 Å². The Morgan fingerprint density at radius 1 is 1.25 bits per heavy atom. The fourth-order valence-corrected chi connectivity index (χ4v) is 4.69. The molecule has 0 unspecified atom stereocenters. The van der Waals surface area contributed by atoms with Crippen molar-refractivity contribution >= 4 is 43.8 Å². The Labute approximate surface area is 170 Å².